The molecule has 0 unspecified atom stereocenters. The van der Waals surface area contributed by atoms with Crippen molar-refractivity contribution in [3.05, 3.63) is 34.4 Å². The van der Waals surface area contributed by atoms with Crippen LogP contribution in [0.3, 0.4) is 0 Å². The minimum absolute atomic E-state index is 0.0136. The maximum Gasteiger partial charge on any atom is 0.703 e. The molecule has 0 aliphatic rings. The van der Waals surface area contributed by atoms with Gasteiger partial charge in [-0.3, -0.25) is 15.4 Å². The third kappa shape index (κ3) is 3.52. The molecule has 0 bridgehead atoms. The summed E-state index contributed by atoms with van der Waals surface area (Å²) in [6, 6.07) is 5.05. The van der Waals surface area contributed by atoms with Gasteiger partial charge in [-0.15, -0.1) is 0 Å². The molecule has 0 radical (unpaired) electrons. The molecular weight excluding hydrogens is 209 g/mol. The van der Waals surface area contributed by atoms with Gasteiger partial charge in [-0.05, 0) is 6.07 Å². The molecule has 1 aromatic carbocycles. The van der Waals surface area contributed by atoms with E-state index in [2.05, 4.69) is 14.5 Å². The fraction of sp³-hybridized carbons (Fsp3) is 0. The molecule has 0 aromatic heterocycles. The van der Waals surface area contributed by atoms with Crippen LogP contribution >= 0.6 is 0 Å². The molecule has 0 aliphatic heterocycles. The second-order valence-electron chi connectivity index (χ2n) is 2.35. The quantitative estimate of drug-likeness (QED) is 0.315. The average Bonchev–Trinajstić information content (AvgIpc) is 2.26. The van der Waals surface area contributed by atoms with Crippen LogP contribution in [0.1, 0.15) is 0 Å². The van der Waals surface area contributed by atoms with Crippen LogP contribution < -0.4 is 4.89 Å². The first-order valence-corrected chi connectivity index (χ1v) is 3.69. The second kappa shape index (κ2) is 5.27. The normalized spacial score (nSPS) is 9.73. The highest BCUT2D eigenvalue weighted by Gasteiger charge is 2.18. The molecule has 8 nitrogen and oxygen atoms in total. The number of benzene rings is 1. The summed E-state index contributed by atoms with van der Waals surface area (Å²) in [5.41, 5.74) is -0.199. The van der Waals surface area contributed by atoms with Crippen LogP contribution in [0.25, 0.3) is 0 Å². The molecule has 0 saturated carbocycles. The Morgan fingerprint density at radius 1 is 1.47 bits per heavy atom. The molecule has 1 rings (SSSR count). The Hall–Kier alpha value is -1.68. The summed E-state index contributed by atoms with van der Waals surface area (Å²) >= 11 is 0. The molecule has 9 heteroatoms. The molecule has 15 heavy (non-hydrogen) atoms. The van der Waals surface area contributed by atoms with E-state index in [0.717, 1.165) is 6.07 Å². The van der Waals surface area contributed by atoms with Crippen LogP contribution in [-0.4, -0.2) is 22.5 Å². The van der Waals surface area contributed by atoms with E-state index >= 15 is 0 Å². The van der Waals surface area contributed by atoms with E-state index in [1.807, 2.05) is 0 Å². The zero-order valence-corrected chi connectivity index (χ0v) is 7.27. The molecule has 1 aromatic rings. The summed E-state index contributed by atoms with van der Waals surface area (Å²) in [5.74, 6) is -0.0136. The average molecular weight is 215 g/mol. The van der Waals surface area contributed by atoms with Crippen molar-refractivity contribution in [2.45, 2.75) is 0 Å². The van der Waals surface area contributed by atoms with Crippen LogP contribution in [0.15, 0.2) is 24.3 Å². The van der Waals surface area contributed by atoms with Crippen molar-refractivity contribution in [2.75, 3.05) is 0 Å². The minimum atomic E-state index is -1.98. The SMILES string of the molecule is O=[N+]([O-])c1cccc(OOB(O)OO)c1. The minimum Gasteiger partial charge on any atom is -0.398 e. The highest BCUT2D eigenvalue weighted by atomic mass is 17.3. The Balaban J connectivity index is 2.62. The summed E-state index contributed by atoms with van der Waals surface area (Å²) in [5, 5.41) is 26.8. The maximum absolute atomic E-state index is 10.3. The Morgan fingerprint density at radius 2 is 2.20 bits per heavy atom. The highest BCUT2D eigenvalue weighted by Crippen LogP contribution is 2.19. The molecule has 0 amide bonds. The largest absolute Gasteiger partial charge is 0.703 e. The maximum atomic E-state index is 10.3. The first-order valence-electron chi connectivity index (χ1n) is 3.69. The highest BCUT2D eigenvalue weighted by molar-refractivity contribution is 6.33. The molecule has 0 spiro atoms. The Morgan fingerprint density at radius 3 is 2.80 bits per heavy atom. The van der Waals surface area contributed by atoms with Crippen LogP contribution in [0, 0.1) is 10.1 Å². The van der Waals surface area contributed by atoms with E-state index in [-0.39, 0.29) is 11.4 Å². The zero-order valence-electron chi connectivity index (χ0n) is 7.27. The molecule has 0 atom stereocenters. The van der Waals surface area contributed by atoms with Crippen molar-refractivity contribution in [2.24, 2.45) is 0 Å². The Kier molecular flexibility index (Phi) is 4.00. The third-order valence-electron chi connectivity index (χ3n) is 1.35. The molecule has 0 heterocycles. The predicted octanol–water partition coefficient (Wildman–Crippen LogP) is 0.372. The number of non-ortho nitro benzene ring substituents is 1. The van der Waals surface area contributed by atoms with Gasteiger partial charge >= 0.3 is 7.32 Å². The van der Waals surface area contributed by atoms with Crippen LogP contribution in [0.4, 0.5) is 5.69 Å². The summed E-state index contributed by atoms with van der Waals surface area (Å²) in [4.78, 5) is 21.5. The number of hydrogen-bond acceptors (Lipinski definition) is 7. The Bertz CT molecular complexity index is 346. The third-order valence-corrected chi connectivity index (χ3v) is 1.35. The smallest absolute Gasteiger partial charge is 0.398 e. The van der Waals surface area contributed by atoms with Gasteiger partial charge in [-0.1, -0.05) is 6.07 Å². The second-order valence-corrected chi connectivity index (χ2v) is 2.35. The number of nitro benzene ring substituents is 1. The van der Waals surface area contributed by atoms with Crippen LogP contribution in [-0.2, 0) is 9.61 Å². The van der Waals surface area contributed by atoms with Crippen molar-refractivity contribution in [3.63, 3.8) is 0 Å². The van der Waals surface area contributed by atoms with Gasteiger partial charge in [0, 0.05) is 6.07 Å². The van der Waals surface area contributed by atoms with E-state index in [1.165, 1.54) is 18.2 Å². The van der Waals surface area contributed by atoms with Gasteiger partial charge in [0.05, 0.1) is 11.0 Å². The molecule has 80 valence electrons. The molecular formula is C6H6BNO7. The lowest BCUT2D eigenvalue weighted by atomic mass is 10.3. The van der Waals surface area contributed by atoms with E-state index in [0.29, 0.717) is 0 Å². The molecule has 2 N–H and O–H groups in total. The van der Waals surface area contributed by atoms with Gasteiger partial charge in [-0.2, -0.15) is 4.81 Å². The fourth-order valence-corrected chi connectivity index (χ4v) is 0.763. The van der Waals surface area contributed by atoms with Crippen molar-refractivity contribution in [1.29, 1.82) is 0 Å². The van der Waals surface area contributed by atoms with Gasteiger partial charge in [0.1, 0.15) is 0 Å². The van der Waals surface area contributed by atoms with Crippen molar-refractivity contribution >= 4 is 13.0 Å². The first kappa shape index (κ1) is 11.4. The van der Waals surface area contributed by atoms with E-state index in [9.17, 15) is 10.1 Å². The summed E-state index contributed by atoms with van der Waals surface area (Å²) in [7, 11) is -1.98. The number of nitro groups is 1. The van der Waals surface area contributed by atoms with Crippen molar-refractivity contribution in [3.8, 4) is 5.75 Å². The van der Waals surface area contributed by atoms with Crippen molar-refractivity contribution < 1.29 is 29.7 Å². The number of nitrogens with zero attached hydrogens (tertiary/aromatic N) is 1. The van der Waals surface area contributed by atoms with Gasteiger partial charge in [0.25, 0.3) is 5.69 Å². The lowest BCUT2D eigenvalue weighted by molar-refractivity contribution is -0.385. The first-order chi connectivity index (χ1) is 7.13. The predicted molar refractivity (Wildman–Crippen MR) is 46.5 cm³/mol. The van der Waals surface area contributed by atoms with Crippen molar-refractivity contribution in [1.82, 2.24) is 0 Å². The summed E-state index contributed by atoms with van der Waals surface area (Å²) < 4.78 is 0. The van der Waals surface area contributed by atoms with Crippen LogP contribution in [0.2, 0.25) is 0 Å². The zero-order chi connectivity index (χ0) is 11.3. The van der Waals surface area contributed by atoms with Gasteiger partial charge in [-0.25, -0.2) is 4.81 Å². The number of rotatable bonds is 5. The molecule has 0 fully saturated rings. The molecule has 0 saturated heterocycles. The van der Waals surface area contributed by atoms with Crippen LogP contribution in [0.5, 0.6) is 5.75 Å². The summed E-state index contributed by atoms with van der Waals surface area (Å²) in [6.07, 6.45) is 0. The van der Waals surface area contributed by atoms with E-state index < -0.39 is 12.2 Å². The molecule has 0 aliphatic carbocycles. The van der Waals surface area contributed by atoms with Gasteiger partial charge in [0.15, 0.2) is 5.75 Å². The number of hydrogen-bond donors (Lipinski definition) is 2. The fourth-order valence-electron chi connectivity index (χ4n) is 0.763. The standard InChI is InChI=1S/C6H6BNO7/c9-7(14-12)15-13-6-3-1-2-5(4-6)8(10)11/h1-4,9,12H. The Labute approximate surface area is 83.8 Å². The van der Waals surface area contributed by atoms with E-state index in [4.69, 9.17) is 10.3 Å². The van der Waals surface area contributed by atoms with Gasteiger partial charge < -0.3 is 9.91 Å². The lowest BCUT2D eigenvalue weighted by Gasteiger charge is -2.04. The van der Waals surface area contributed by atoms with E-state index in [1.54, 1.807) is 0 Å². The summed E-state index contributed by atoms with van der Waals surface area (Å²) in [6.45, 7) is 0. The van der Waals surface area contributed by atoms with Gasteiger partial charge in [0.2, 0.25) is 0 Å². The topological polar surface area (TPSA) is 111 Å². The monoisotopic (exact) mass is 215 g/mol. The lowest BCUT2D eigenvalue weighted by Crippen LogP contribution is -2.22.